The molecule has 0 N–H and O–H groups in total. The van der Waals surface area contributed by atoms with E-state index in [0.29, 0.717) is 32.3 Å². The Morgan fingerprint density at radius 2 is 1.75 bits per heavy atom. The predicted molar refractivity (Wildman–Crippen MR) is 94.7 cm³/mol. The van der Waals surface area contributed by atoms with Gasteiger partial charge in [0.25, 0.3) is 0 Å². The molecule has 0 saturated heterocycles. The minimum Gasteiger partial charge on any atom is -0.466 e. The van der Waals surface area contributed by atoms with Gasteiger partial charge in [0.05, 0.1) is 12.9 Å². The van der Waals surface area contributed by atoms with Gasteiger partial charge in [0.1, 0.15) is 5.78 Å². The van der Waals surface area contributed by atoms with Crippen molar-refractivity contribution >= 4 is 11.8 Å². The fourth-order valence-corrected chi connectivity index (χ4v) is 2.60. The van der Waals surface area contributed by atoms with Gasteiger partial charge in [0, 0.05) is 38.2 Å². The lowest BCUT2D eigenvalue weighted by atomic mass is 10.1. The van der Waals surface area contributed by atoms with Gasteiger partial charge in [-0.2, -0.15) is 0 Å². The van der Waals surface area contributed by atoms with Crippen LogP contribution in [-0.2, 0) is 27.8 Å². The van der Waals surface area contributed by atoms with Crippen molar-refractivity contribution in [2.75, 3.05) is 6.61 Å². The molecule has 1 aromatic rings. The van der Waals surface area contributed by atoms with E-state index >= 15 is 0 Å². The Morgan fingerprint density at radius 1 is 1.04 bits per heavy atom. The molecule has 0 saturated carbocycles. The Bertz CT molecular complexity index is 483. The number of esters is 1. The van der Waals surface area contributed by atoms with E-state index < -0.39 is 0 Å². The Labute approximate surface area is 145 Å². The van der Waals surface area contributed by atoms with Crippen LogP contribution in [-0.4, -0.2) is 27.9 Å². The van der Waals surface area contributed by atoms with E-state index in [-0.39, 0.29) is 11.8 Å². The topological polar surface area (TPSA) is 61.2 Å². The van der Waals surface area contributed by atoms with E-state index in [9.17, 15) is 9.59 Å². The second-order valence-electron chi connectivity index (χ2n) is 6.41. The first kappa shape index (κ1) is 20.4. The Kier molecular flexibility index (Phi) is 10.8. The van der Waals surface area contributed by atoms with Crippen molar-refractivity contribution in [1.29, 1.82) is 0 Å². The number of aromatic nitrogens is 2. The van der Waals surface area contributed by atoms with Crippen LogP contribution in [0.1, 0.15) is 76.8 Å². The summed E-state index contributed by atoms with van der Waals surface area (Å²) in [6.07, 6.45) is 13.7. The molecule has 136 valence electrons. The molecule has 24 heavy (non-hydrogen) atoms. The molecule has 1 rings (SSSR count). The standard InChI is InChI=1S/C19H32N2O3/c1-3-4-5-6-7-8-9-12-19(23)24-13-10-11-18(22)14-17-15-20-16-21(17)2/h15-16H,3-14H2,1-2H3. The molecule has 0 spiro atoms. The molecule has 5 nitrogen and oxygen atoms in total. The maximum absolute atomic E-state index is 11.8. The summed E-state index contributed by atoms with van der Waals surface area (Å²) in [4.78, 5) is 27.4. The average molecular weight is 336 g/mol. The highest BCUT2D eigenvalue weighted by Crippen LogP contribution is 2.09. The van der Waals surface area contributed by atoms with Gasteiger partial charge in [-0.05, 0) is 12.8 Å². The highest BCUT2D eigenvalue weighted by atomic mass is 16.5. The molecular formula is C19H32N2O3. The summed E-state index contributed by atoms with van der Waals surface area (Å²) in [7, 11) is 1.88. The van der Waals surface area contributed by atoms with E-state index in [0.717, 1.165) is 18.5 Å². The van der Waals surface area contributed by atoms with Crippen molar-refractivity contribution in [2.24, 2.45) is 7.05 Å². The second kappa shape index (κ2) is 12.7. The number of ketones is 1. The monoisotopic (exact) mass is 336 g/mol. The van der Waals surface area contributed by atoms with Gasteiger partial charge in [-0.1, -0.05) is 45.4 Å². The van der Waals surface area contributed by atoms with Crippen LogP contribution in [0.4, 0.5) is 0 Å². The fraction of sp³-hybridized carbons (Fsp3) is 0.737. The number of aryl methyl sites for hydroxylation is 1. The van der Waals surface area contributed by atoms with Crippen molar-refractivity contribution in [3.8, 4) is 0 Å². The summed E-state index contributed by atoms with van der Waals surface area (Å²) in [6.45, 7) is 2.55. The third kappa shape index (κ3) is 9.48. The molecule has 1 aromatic heterocycles. The van der Waals surface area contributed by atoms with Crippen LogP contribution < -0.4 is 0 Å². The van der Waals surface area contributed by atoms with E-state index in [4.69, 9.17) is 4.74 Å². The van der Waals surface area contributed by atoms with Crippen molar-refractivity contribution in [2.45, 2.75) is 77.6 Å². The molecule has 0 fully saturated rings. The van der Waals surface area contributed by atoms with E-state index in [1.807, 2.05) is 11.6 Å². The molecule has 0 aliphatic carbocycles. The number of unbranched alkanes of at least 4 members (excludes halogenated alkanes) is 6. The normalized spacial score (nSPS) is 10.8. The Morgan fingerprint density at radius 3 is 2.42 bits per heavy atom. The van der Waals surface area contributed by atoms with Crippen molar-refractivity contribution < 1.29 is 14.3 Å². The fourth-order valence-electron chi connectivity index (χ4n) is 2.60. The number of carbonyl (C=O) groups is 2. The molecule has 0 aliphatic rings. The van der Waals surface area contributed by atoms with Gasteiger partial charge in [-0.3, -0.25) is 9.59 Å². The Balaban J connectivity index is 1.95. The van der Waals surface area contributed by atoms with Gasteiger partial charge in [0.2, 0.25) is 0 Å². The number of carbonyl (C=O) groups excluding carboxylic acids is 2. The largest absolute Gasteiger partial charge is 0.466 e. The van der Waals surface area contributed by atoms with Gasteiger partial charge in [-0.15, -0.1) is 0 Å². The third-order valence-corrected chi connectivity index (χ3v) is 4.14. The predicted octanol–water partition coefficient (Wildman–Crippen LogP) is 4.00. The first-order valence-electron chi connectivity index (χ1n) is 9.26. The summed E-state index contributed by atoms with van der Waals surface area (Å²) in [5.41, 5.74) is 0.913. The first-order chi connectivity index (χ1) is 11.6. The summed E-state index contributed by atoms with van der Waals surface area (Å²) < 4.78 is 7.04. The number of nitrogens with zero attached hydrogens (tertiary/aromatic N) is 2. The summed E-state index contributed by atoms with van der Waals surface area (Å²) >= 11 is 0. The second-order valence-corrected chi connectivity index (χ2v) is 6.41. The molecule has 1 heterocycles. The lowest BCUT2D eigenvalue weighted by molar-refractivity contribution is -0.144. The van der Waals surface area contributed by atoms with Gasteiger partial charge in [-0.25, -0.2) is 4.98 Å². The highest BCUT2D eigenvalue weighted by molar-refractivity contribution is 5.80. The lowest BCUT2D eigenvalue weighted by Gasteiger charge is -2.05. The summed E-state index contributed by atoms with van der Waals surface area (Å²) in [5.74, 6) is 0.0179. The molecule has 5 heteroatoms. The first-order valence-corrected chi connectivity index (χ1v) is 9.26. The number of rotatable bonds is 14. The molecule has 0 bridgehead atoms. The molecule has 0 amide bonds. The SMILES string of the molecule is CCCCCCCCCC(=O)OCCCC(=O)Cc1cncn1C. The van der Waals surface area contributed by atoms with Crippen LogP contribution in [0, 0.1) is 0 Å². The number of hydrogen-bond donors (Lipinski definition) is 0. The van der Waals surface area contributed by atoms with Gasteiger partial charge >= 0.3 is 5.97 Å². The summed E-state index contributed by atoms with van der Waals surface area (Å²) in [6, 6.07) is 0. The van der Waals surface area contributed by atoms with E-state index in [1.54, 1.807) is 12.5 Å². The molecule has 0 aromatic carbocycles. The third-order valence-electron chi connectivity index (χ3n) is 4.14. The zero-order valence-corrected chi connectivity index (χ0v) is 15.3. The zero-order chi connectivity index (χ0) is 17.6. The van der Waals surface area contributed by atoms with Crippen molar-refractivity contribution in [1.82, 2.24) is 9.55 Å². The average Bonchev–Trinajstić information content (AvgIpc) is 2.95. The Hall–Kier alpha value is -1.65. The smallest absolute Gasteiger partial charge is 0.305 e. The maximum atomic E-state index is 11.8. The van der Waals surface area contributed by atoms with Crippen LogP contribution in [0.3, 0.4) is 0 Å². The number of Topliss-reactive ketones (excluding diaryl/α,β-unsaturated/α-hetero) is 1. The minimum absolute atomic E-state index is 0.136. The molecule has 0 radical (unpaired) electrons. The minimum atomic E-state index is -0.136. The van der Waals surface area contributed by atoms with Crippen LogP contribution in [0.2, 0.25) is 0 Å². The van der Waals surface area contributed by atoms with E-state index in [2.05, 4.69) is 11.9 Å². The molecular weight excluding hydrogens is 304 g/mol. The number of ether oxygens (including phenoxy) is 1. The van der Waals surface area contributed by atoms with Gasteiger partial charge in [0.15, 0.2) is 0 Å². The summed E-state index contributed by atoms with van der Waals surface area (Å²) in [5, 5.41) is 0. The molecule has 0 unspecified atom stereocenters. The van der Waals surface area contributed by atoms with Crippen molar-refractivity contribution in [3.05, 3.63) is 18.2 Å². The maximum Gasteiger partial charge on any atom is 0.305 e. The molecule has 0 aliphatic heterocycles. The highest BCUT2D eigenvalue weighted by Gasteiger charge is 2.08. The van der Waals surface area contributed by atoms with Gasteiger partial charge < -0.3 is 9.30 Å². The van der Waals surface area contributed by atoms with Crippen LogP contribution in [0.15, 0.2) is 12.5 Å². The van der Waals surface area contributed by atoms with Crippen LogP contribution in [0.5, 0.6) is 0 Å². The zero-order valence-electron chi connectivity index (χ0n) is 15.3. The lowest BCUT2D eigenvalue weighted by Crippen LogP contribution is -2.10. The number of imidazole rings is 1. The van der Waals surface area contributed by atoms with Crippen LogP contribution >= 0.6 is 0 Å². The molecule has 0 atom stereocenters. The van der Waals surface area contributed by atoms with Crippen molar-refractivity contribution in [3.63, 3.8) is 0 Å². The number of hydrogen-bond acceptors (Lipinski definition) is 4. The van der Waals surface area contributed by atoms with E-state index in [1.165, 1.54) is 32.1 Å². The van der Waals surface area contributed by atoms with Crippen LogP contribution in [0.25, 0.3) is 0 Å². The quantitative estimate of drug-likeness (QED) is 0.380.